The smallest absolute Gasteiger partial charge is 0.383 e. The Labute approximate surface area is 181 Å². The molecule has 0 radical (unpaired) electrons. The number of methoxy groups -OCH3 is 1. The van der Waals surface area contributed by atoms with E-state index >= 15 is 0 Å². The lowest BCUT2D eigenvalue weighted by atomic mass is 9.99. The number of aromatic nitrogens is 3. The first-order valence-corrected chi connectivity index (χ1v) is 10.6. The standard InChI is InChI=1S/C21H24F5N5O/c1-32-12-7-30(8-12)11-3-13-14(4-11)19(13)17-5-16(29-31(17)9-18(22)23)10-2-15(21(24,25)26)20(27)28-6-10/h2,5-6,11-14,18-19H,3-4,7-9H2,1H3,(H2,27,28)/t11?,13-,14+,19?. The highest BCUT2D eigenvalue weighted by Gasteiger charge is 2.59. The highest BCUT2D eigenvalue weighted by Crippen LogP contribution is 2.64. The third-order valence-electron chi connectivity index (χ3n) is 7.13. The molecule has 2 aromatic heterocycles. The number of alkyl halides is 5. The molecule has 6 nitrogen and oxygen atoms in total. The number of ether oxygens (including phenoxy) is 1. The van der Waals surface area contributed by atoms with Gasteiger partial charge in [0.05, 0.1) is 17.4 Å². The van der Waals surface area contributed by atoms with Crippen LogP contribution in [0.3, 0.4) is 0 Å². The number of rotatable bonds is 6. The Morgan fingerprint density at radius 2 is 1.88 bits per heavy atom. The number of nitrogens with zero attached hydrogens (tertiary/aromatic N) is 4. The number of nitrogen functional groups attached to an aromatic ring is 1. The maximum absolute atomic E-state index is 13.2. The van der Waals surface area contributed by atoms with Gasteiger partial charge in [0.15, 0.2) is 0 Å². The Morgan fingerprint density at radius 3 is 2.47 bits per heavy atom. The number of fused-ring (bicyclic) bond motifs is 1. The Balaban J connectivity index is 1.37. The fourth-order valence-electron chi connectivity index (χ4n) is 5.43. The van der Waals surface area contributed by atoms with Gasteiger partial charge in [0.2, 0.25) is 0 Å². The molecule has 2 N–H and O–H groups in total. The maximum atomic E-state index is 13.2. The molecule has 2 saturated carbocycles. The van der Waals surface area contributed by atoms with Crippen LogP contribution in [0, 0.1) is 11.8 Å². The fourth-order valence-corrected chi connectivity index (χ4v) is 5.43. The zero-order valence-electron chi connectivity index (χ0n) is 17.4. The molecule has 0 bridgehead atoms. The summed E-state index contributed by atoms with van der Waals surface area (Å²) in [4.78, 5) is 6.04. The van der Waals surface area contributed by atoms with Gasteiger partial charge in [0, 0.05) is 49.6 Å². The van der Waals surface area contributed by atoms with Crippen molar-refractivity contribution in [1.82, 2.24) is 19.7 Å². The summed E-state index contributed by atoms with van der Waals surface area (Å²) in [7, 11) is 1.71. The SMILES string of the molecule is COC1CN(C2C[C@@H]3C(c4cc(-c5cnc(N)c(C(F)(F)F)c5)nn4CC(F)F)[C@@H]3C2)C1. The third kappa shape index (κ3) is 3.75. The first kappa shape index (κ1) is 21.6. The van der Waals surface area contributed by atoms with Gasteiger partial charge in [0.1, 0.15) is 12.4 Å². The molecule has 2 aromatic rings. The summed E-state index contributed by atoms with van der Waals surface area (Å²) in [5.41, 5.74) is 5.29. The van der Waals surface area contributed by atoms with E-state index in [9.17, 15) is 22.0 Å². The van der Waals surface area contributed by atoms with Crippen LogP contribution in [0.15, 0.2) is 18.3 Å². The quantitative estimate of drug-likeness (QED) is 0.671. The van der Waals surface area contributed by atoms with Crippen LogP contribution in [-0.2, 0) is 17.5 Å². The molecule has 4 atom stereocenters. The molecule has 32 heavy (non-hydrogen) atoms. The van der Waals surface area contributed by atoms with Gasteiger partial charge in [-0.2, -0.15) is 18.3 Å². The highest BCUT2D eigenvalue weighted by molar-refractivity contribution is 5.63. The molecule has 3 fully saturated rings. The van der Waals surface area contributed by atoms with Gasteiger partial charge in [-0.1, -0.05) is 0 Å². The Morgan fingerprint density at radius 1 is 1.19 bits per heavy atom. The van der Waals surface area contributed by atoms with Crippen LogP contribution in [0.5, 0.6) is 0 Å². The van der Waals surface area contributed by atoms with E-state index in [4.69, 9.17) is 10.5 Å². The molecule has 174 valence electrons. The number of pyridine rings is 1. The van der Waals surface area contributed by atoms with Crippen molar-refractivity contribution in [3.05, 3.63) is 29.6 Å². The molecule has 5 rings (SSSR count). The summed E-state index contributed by atoms with van der Waals surface area (Å²) >= 11 is 0. The summed E-state index contributed by atoms with van der Waals surface area (Å²) < 4.78 is 72.6. The first-order chi connectivity index (χ1) is 15.2. The van der Waals surface area contributed by atoms with Crippen molar-refractivity contribution in [2.45, 2.75) is 50.1 Å². The van der Waals surface area contributed by atoms with Crippen molar-refractivity contribution in [2.75, 3.05) is 25.9 Å². The molecule has 11 heteroatoms. The van der Waals surface area contributed by atoms with Gasteiger partial charge in [0.25, 0.3) is 6.43 Å². The molecular weight excluding hydrogens is 433 g/mol. The molecule has 2 aliphatic carbocycles. The van der Waals surface area contributed by atoms with E-state index in [2.05, 4.69) is 15.0 Å². The van der Waals surface area contributed by atoms with Gasteiger partial charge >= 0.3 is 6.18 Å². The van der Waals surface area contributed by atoms with E-state index in [1.165, 1.54) is 10.9 Å². The van der Waals surface area contributed by atoms with E-state index in [1.54, 1.807) is 13.2 Å². The normalized spacial score (nSPS) is 28.2. The summed E-state index contributed by atoms with van der Waals surface area (Å²) in [6.07, 6.45) is -3.82. The van der Waals surface area contributed by atoms with Crippen LogP contribution in [-0.4, -0.2) is 58.4 Å². The average Bonchev–Trinajstić information content (AvgIpc) is 3.00. The minimum Gasteiger partial charge on any atom is -0.383 e. The maximum Gasteiger partial charge on any atom is 0.419 e. The van der Waals surface area contributed by atoms with Gasteiger partial charge < -0.3 is 10.5 Å². The zero-order chi connectivity index (χ0) is 22.8. The van der Waals surface area contributed by atoms with E-state index in [0.717, 1.165) is 32.0 Å². The molecule has 2 unspecified atom stereocenters. The largest absolute Gasteiger partial charge is 0.419 e. The second-order valence-electron chi connectivity index (χ2n) is 8.97. The molecule has 3 aliphatic rings. The number of halogens is 5. The Bertz CT molecular complexity index is 991. The van der Waals surface area contributed by atoms with Crippen molar-refractivity contribution >= 4 is 5.82 Å². The van der Waals surface area contributed by atoms with Gasteiger partial charge in [-0.25, -0.2) is 13.8 Å². The van der Waals surface area contributed by atoms with Crippen molar-refractivity contribution < 1.29 is 26.7 Å². The van der Waals surface area contributed by atoms with E-state index in [-0.39, 0.29) is 23.3 Å². The lowest BCUT2D eigenvalue weighted by Gasteiger charge is -2.43. The van der Waals surface area contributed by atoms with E-state index in [0.29, 0.717) is 23.6 Å². The topological polar surface area (TPSA) is 69.2 Å². The molecule has 0 amide bonds. The van der Waals surface area contributed by atoms with Crippen molar-refractivity contribution in [3.8, 4) is 11.3 Å². The van der Waals surface area contributed by atoms with Crippen LogP contribution in [0.1, 0.15) is 30.0 Å². The van der Waals surface area contributed by atoms with Gasteiger partial charge in [-0.15, -0.1) is 0 Å². The minimum absolute atomic E-state index is 0.106. The van der Waals surface area contributed by atoms with Crippen molar-refractivity contribution in [1.29, 1.82) is 0 Å². The van der Waals surface area contributed by atoms with Gasteiger partial charge in [-0.3, -0.25) is 9.58 Å². The monoisotopic (exact) mass is 457 g/mol. The van der Waals surface area contributed by atoms with Crippen LogP contribution in [0.2, 0.25) is 0 Å². The summed E-state index contributed by atoms with van der Waals surface area (Å²) in [5, 5.41) is 4.23. The van der Waals surface area contributed by atoms with E-state index < -0.39 is 30.5 Å². The second-order valence-corrected chi connectivity index (χ2v) is 8.97. The second kappa shape index (κ2) is 7.65. The molecule has 1 saturated heterocycles. The average molecular weight is 457 g/mol. The number of nitrogens with two attached hydrogens (primary N) is 1. The predicted molar refractivity (Wildman–Crippen MR) is 106 cm³/mol. The zero-order valence-corrected chi connectivity index (χ0v) is 17.4. The van der Waals surface area contributed by atoms with Crippen LogP contribution >= 0.6 is 0 Å². The predicted octanol–water partition coefficient (Wildman–Crippen LogP) is 3.63. The Kier molecular flexibility index (Phi) is 5.16. The lowest BCUT2D eigenvalue weighted by molar-refractivity contribution is -0.137. The summed E-state index contributed by atoms with van der Waals surface area (Å²) in [6, 6.07) is 2.99. The fraction of sp³-hybridized carbons (Fsp3) is 0.619. The molecule has 0 aromatic carbocycles. The number of hydrogen-bond donors (Lipinski definition) is 1. The summed E-state index contributed by atoms with van der Waals surface area (Å²) in [5.74, 6) is 0.253. The highest BCUT2D eigenvalue weighted by atomic mass is 19.4. The van der Waals surface area contributed by atoms with Crippen molar-refractivity contribution in [2.24, 2.45) is 11.8 Å². The molecule has 3 heterocycles. The number of likely N-dealkylation sites (tertiary alicyclic amines) is 1. The van der Waals surface area contributed by atoms with E-state index in [1.807, 2.05) is 0 Å². The molecule has 1 aliphatic heterocycles. The van der Waals surface area contributed by atoms with Crippen LogP contribution in [0.4, 0.5) is 27.8 Å². The first-order valence-electron chi connectivity index (χ1n) is 10.6. The minimum atomic E-state index is -4.66. The number of anilines is 1. The lowest BCUT2D eigenvalue weighted by Crippen LogP contribution is -2.55. The third-order valence-corrected chi connectivity index (χ3v) is 7.13. The molecule has 0 spiro atoms. The van der Waals surface area contributed by atoms with Crippen LogP contribution < -0.4 is 5.73 Å². The van der Waals surface area contributed by atoms with Crippen LogP contribution in [0.25, 0.3) is 11.3 Å². The number of hydrogen-bond acceptors (Lipinski definition) is 5. The van der Waals surface area contributed by atoms with Crippen molar-refractivity contribution in [3.63, 3.8) is 0 Å². The van der Waals surface area contributed by atoms with Gasteiger partial charge in [-0.05, 0) is 36.8 Å². The Hall–Kier alpha value is -2.27. The molecular formula is C21H24F5N5O. The summed E-state index contributed by atoms with van der Waals surface area (Å²) in [6.45, 7) is 1.25.